The summed E-state index contributed by atoms with van der Waals surface area (Å²) in [6, 6.07) is 24.9. The predicted octanol–water partition coefficient (Wildman–Crippen LogP) is 9.42. The lowest BCUT2D eigenvalue weighted by atomic mass is 10.1. The molecule has 2 aromatic carbocycles. The van der Waals surface area contributed by atoms with Crippen molar-refractivity contribution in [1.29, 1.82) is 0 Å². The standard InChI is InChI=1S/C35H51NO3P2/c1-3-5-7-9-11-19-28-40(38,34-24-15-13-16-25-34)30-32-22-21-23-33(36(32)37)31-41(39,35-26-17-14-18-27-35)29-20-12-10-8-6-4-2/h13-18,21-27H,3-12,19-20,28-31H2,1-2H3. The maximum Gasteiger partial charge on any atom is 0.200 e. The Morgan fingerprint density at radius 2 is 0.878 bits per heavy atom. The lowest BCUT2D eigenvalue weighted by molar-refractivity contribution is -0.620. The minimum absolute atomic E-state index is 0.233. The SMILES string of the molecule is CCCCCCCCP(=O)(Cc1cccc(CP(=O)(CCCCCCCC)c2ccccc2)[n+]1[O-])c1ccccc1. The van der Waals surface area contributed by atoms with Crippen molar-refractivity contribution in [3.8, 4) is 0 Å². The van der Waals surface area contributed by atoms with Gasteiger partial charge in [0.2, 0.25) is 11.4 Å². The van der Waals surface area contributed by atoms with Crippen LogP contribution in [0.5, 0.6) is 0 Å². The van der Waals surface area contributed by atoms with Gasteiger partial charge in [-0.3, -0.25) is 0 Å². The van der Waals surface area contributed by atoms with Crippen LogP contribution in [0.25, 0.3) is 0 Å². The monoisotopic (exact) mass is 595 g/mol. The van der Waals surface area contributed by atoms with Gasteiger partial charge in [0.1, 0.15) is 14.3 Å². The van der Waals surface area contributed by atoms with Gasteiger partial charge in [0, 0.05) is 35.1 Å². The predicted molar refractivity (Wildman–Crippen MR) is 177 cm³/mol. The van der Waals surface area contributed by atoms with Gasteiger partial charge in [-0.05, 0) is 18.9 Å². The molecule has 0 N–H and O–H groups in total. The number of aromatic nitrogens is 1. The van der Waals surface area contributed by atoms with Crippen LogP contribution in [0, 0.1) is 5.21 Å². The van der Waals surface area contributed by atoms with Crippen molar-refractivity contribution < 1.29 is 13.9 Å². The molecule has 0 aliphatic rings. The minimum Gasteiger partial charge on any atom is -0.618 e. The molecule has 0 saturated carbocycles. The first-order valence-electron chi connectivity index (χ1n) is 15.9. The lowest BCUT2D eigenvalue weighted by Gasteiger charge is -2.21. The van der Waals surface area contributed by atoms with Crippen LogP contribution in [0.2, 0.25) is 0 Å². The van der Waals surface area contributed by atoms with E-state index in [-0.39, 0.29) is 12.3 Å². The Hall–Kier alpha value is -2.15. The average Bonchev–Trinajstić information content (AvgIpc) is 3.00. The maximum atomic E-state index is 14.5. The third-order valence-corrected chi connectivity index (χ3v) is 14.4. The van der Waals surface area contributed by atoms with Crippen molar-refractivity contribution in [3.63, 3.8) is 0 Å². The van der Waals surface area contributed by atoms with Crippen molar-refractivity contribution in [2.75, 3.05) is 12.3 Å². The summed E-state index contributed by atoms with van der Waals surface area (Å²) >= 11 is 0. The van der Waals surface area contributed by atoms with Gasteiger partial charge in [0.25, 0.3) is 0 Å². The van der Waals surface area contributed by atoms with Crippen LogP contribution in [0.4, 0.5) is 0 Å². The van der Waals surface area contributed by atoms with Crippen LogP contribution in [-0.4, -0.2) is 12.3 Å². The molecule has 4 nitrogen and oxygen atoms in total. The number of benzene rings is 2. The normalized spacial score (nSPS) is 14.4. The molecule has 0 fully saturated rings. The van der Waals surface area contributed by atoms with Gasteiger partial charge in [0.05, 0.1) is 12.3 Å². The van der Waals surface area contributed by atoms with Crippen LogP contribution in [-0.2, 0) is 21.5 Å². The summed E-state index contributed by atoms with van der Waals surface area (Å²) < 4.78 is 29.9. The summed E-state index contributed by atoms with van der Waals surface area (Å²) in [5.41, 5.74) is 1.03. The second-order valence-electron chi connectivity index (χ2n) is 11.6. The number of hydrogen-bond acceptors (Lipinski definition) is 3. The van der Waals surface area contributed by atoms with E-state index >= 15 is 0 Å². The number of pyridine rings is 1. The largest absolute Gasteiger partial charge is 0.618 e. The highest BCUT2D eigenvalue weighted by Gasteiger charge is 2.32. The molecule has 6 heteroatoms. The average molecular weight is 596 g/mol. The van der Waals surface area contributed by atoms with E-state index in [1.54, 1.807) is 12.1 Å². The molecule has 0 saturated heterocycles. The molecule has 41 heavy (non-hydrogen) atoms. The van der Waals surface area contributed by atoms with Crippen molar-refractivity contribution >= 4 is 24.9 Å². The van der Waals surface area contributed by atoms with Crippen molar-refractivity contribution in [2.45, 2.75) is 103 Å². The number of unbranched alkanes of at least 4 members (excludes halogenated alkanes) is 10. The molecular weight excluding hydrogens is 544 g/mol. The van der Waals surface area contributed by atoms with Gasteiger partial charge in [-0.25, -0.2) is 0 Å². The van der Waals surface area contributed by atoms with E-state index in [4.69, 9.17) is 0 Å². The number of rotatable bonds is 20. The zero-order valence-corrected chi connectivity index (χ0v) is 27.2. The Kier molecular flexibility index (Phi) is 14.4. The minimum atomic E-state index is -2.83. The van der Waals surface area contributed by atoms with Crippen molar-refractivity contribution in [3.05, 3.63) is 95.5 Å². The summed E-state index contributed by atoms with van der Waals surface area (Å²) in [6.45, 7) is 4.42. The van der Waals surface area contributed by atoms with Crippen LogP contribution < -0.4 is 15.3 Å². The highest BCUT2D eigenvalue weighted by molar-refractivity contribution is 7.71. The van der Waals surface area contributed by atoms with Gasteiger partial charge in [-0.1, -0.05) is 139 Å². The molecule has 0 radical (unpaired) electrons. The van der Waals surface area contributed by atoms with Crippen LogP contribution in [0.15, 0.2) is 78.9 Å². The molecular formula is C35H51NO3P2. The quantitative estimate of drug-likeness (QED) is 0.0566. The topological polar surface area (TPSA) is 61.1 Å². The summed E-state index contributed by atoms with van der Waals surface area (Å²) in [5, 5.41) is 15.4. The van der Waals surface area contributed by atoms with Crippen molar-refractivity contribution in [2.24, 2.45) is 0 Å². The van der Waals surface area contributed by atoms with E-state index in [9.17, 15) is 14.3 Å². The van der Waals surface area contributed by atoms with Crippen LogP contribution in [0.1, 0.15) is 102 Å². The van der Waals surface area contributed by atoms with Gasteiger partial charge < -0.3 is 14.3 Å². The van der Waals surface area contributed by atoms with E-state index in [1.165, 1.54) is 38.5 Å². The van der Waals surface area contributed by atoms with E-state index in [0.29, 0.717) is 23.7 Å². The summed E-state index contributed by atoms with van der Waals surface area (Å²) in [6.07, 6.45) is 15.2. The molecule has 2 unspecified atom stereocenters. The van der Waals surface area contributed by atoms with Gasteiger partial charge in [-0.2, -0.15) is 4.73 Å². The van der Waals surface area contributed by atoms with Gasteiger partial charge in [0.15, 0.2) is 0 Å². The van der Waals surface area contributed by atoms with E-state index in [2.05, 4.69) is 13.8 Å². The Balaban J connectivity index is 1.80. The third-order valence-electron chi connectivity index (χ3n) is 8.13. The fourth-order valence-electron chi connectivity index (χ4n) is 5.64. The molecule has 0 amide bonds. The molecule has 0 spiro atoms. The fourth-order valence-corrected chi connectivity index (χ4v) is 11.3. The first kappa shape index (κ1) is 33.4. The van der Waals surface area contributed by atoms with E-state index in [0.717, 1.165) is 53.9 Å². The second kappa shape index (κ2) is 17.7. The van der Waals surface area contributed by atoms with Gasteiger partial charge in [-0.15, -0.1) is 0 Å². The zero-order valence-electron chi connectivity index (χ0n) is 25.4. The molecule has 3 aromatic rings. The van der Waals surface area contributed by atoms with Crippen molar-refractivity contribution in [1.82, 2.24) is 0 Å². The highest BCUT2D eigenvalue weighted by atomic mass is 31.2. The van der Waals surface area contributed by atoms with Gasteiger partial charge >= 0.3 is 0 Å². The molecule has 0 aliphatic carbocycles. The number of hydrogen-bond donors (Lipinski definition) is 0. The first-order valence-corrected chi connectivity index (χ1v) is 20.0. The summed E-state index contributed by atoms with van der Waals surface area (Å²) in [4.78, 5) is 0. The zero-order chi connectivity index (χ0) is 29.4. The van der Waals surface area contributed by atoms with Crippen LogP contribution >= 0.6 is 14.3 Å². The maximum absolute atomic E-state index is 14.5. The first-order chi connectivity index (χ1) is 19.9. The summed E-state index contributed by atoms with van der Waals surface area (Å²) in [7, 11) is -5.65. The summed E-state index contributed by atoms with van der Waals surface area (Å²) in [5.74, 6) is 0. The Bertz CT molecular complexity index is 1150. The fraction of sp³-hybridized carbons (Fsp3) is 0.514. The lowest BCUT2D eigenvalue weighted by Crippen LogP contribution is -2.37. The second-order valence-corrected chi connectivity index (χ2v) is 17.7. The Morgan fingerprint density at radius 3 is 1.27 bits per heavy atom. The smallest absolute Gasteiger partial charge is 0.200 e. The highest BCUT2D eigenvalue weighted by Crippen LogP contribution is 2.50. The van der Waals surface area contributed by atoms with E-state index in [1.807, 2.05) is 66.7 Å². The number of nitrogens with zero attached hydrogens (tertiary/aromatic N) is 1. The molecule has 2 atom stereocenters. The molecule has 1 heterocycles. The van der Waals surface area contributed by atoms with Crippen LogP contribution in [0.3, 0.4) is 0 Å². The Morgan fingerprint density at radius 1 is 0.512 bits per heavy atom. The third kappa shape index (κ3) is 10.6. The molecule has 0 aliphatic heterocycles. The van der Waals surface area contributed by atoms with E-state index < -0.39 is 14.3 Å². The molecule has 0 bridgehead atoms. The molecule has 224 valence electrons. The molecule has 3 rings (SSSR count). The molecule has 1 aromatic heterocycles. The Labute approximate surface area is 249 Å².